The highest BCUT2D eigenvalue weighted by Gasteiger charge is 2.18. The molecule has 58 heavy (non-hydrogen) atoms. The third-order valence-electron chi connectivity index (χ3n) is 11.8. The van der Waals surface area contributed by atoms with Crippen molar-refractivity contribution < 1.29 is 0 Å². The van der Waals surface area contributed by atoms with Crippen LogP contribution in [-0.4, -0.2) is 9.13 Å². The van der Waals surface area contributed by atoms with Crippen molar-refractivity contribution in [1.82, 2.24) is 9.13 Å². The predicted molar refractivity (Wildman–Crippen MR) is 251 cm³/mol. The van der Waals surface area contributed by atoms with Gasteiger partial charge in [0.25, 0.3) is 0 Å². The Kier molecular flexibility index (Phi) is 8.51. The standard InChI is InChI=1S/C54H38N2.C2H2/c1-3-12-35(4-2)36-25-29-42(30-26-36)55-49-18-9-7-16-44(49)53-46-33-40(23-21-38(46)27-31-51(53)55)41-24-22-39-28-32-52-54(47(39)34-41)45-17-8-10-19-50(45)56(52)48-20-11-14-37-13-5-6-15-43(37)48;1-2/h3-34H,1-2H3;1-2H/b12-3-,35-4+;. The summed E-state index contributed by atoms with van der Waals surface area (Å²) in [6.45, 7) is 4.16. The average Bonchev–Trinajstić information content (AvgIpc) is 3.82. The van der Waals surface area contributed by atoms with Gasteiger partial charge in [-0.3, -0.25) is 0 Å². The van der Waals surface area contributed by atoms with E-state index in [0.717, 1.165) is 5.69 Å². The second kappa shape index (κ2) is 14.2. The van der Waals surface area contributed by atoms with Crippen LogP contribution in [0.25, 0.3) is 104 Å². The van der Waals surface area contributed by atoms with Crippen LogP contribution in [-0.2, 0) is 0 Å². The zero-order valence-corrected chi connectivity index (χ0v) is 32.5. The van der Waals surface area contributed by atoms with Crippen LogP contribution in [0, 0.1) is 12.8 Å². The highest BCUT2D eigenvalue weighted by atomic mass is 15.0. The molecular weight excluding hydrogens is 701 g/mol. The van der Waals surface area contributed by atoms with Gasteiger partial charge in [0.05, 0.1) is 27.8 Å². The average molecular weight is 741 g/mol. The van der Waals surface area contributed by atoms with Gasteiger partial charge in [-0.15, -0.1) is 12.8 Å². The van der Waals surface area contributed by atoms with Gasteiger partial charge in [0.1, 0.15) is 0 Å². The van der Waals surface area contributed by atoms with E-state index in [1.165, 1.54) is 104 Å². The minimum atomic E-state index is 1.16. The maximum absolute atomic E-state index is 4.00. The summed E-state index contributed by atoms with van der Waals surface area (Å²) in [7, 11) is 0. The number of nitrogens with zero attached hydrogens (tertiary/aromatic N) is 2. The van der Waals surface area contributed by atoms with E-state index >= 15 is 0 Å². The molecule has 2 heterocycles. The first kappa shape index (κ1) is 34.9. The molecule has 0 unspecified atom stereocenters. The lowest BCUT2D eigenvalue weighted by Gasteiger charge is -2.12. The van der Waals surface area contributed by atoms with E-state index < -0.39 is 0 Å². The van der Waals surface area contributed by atoms with Gasteiger partial charge in [0.15, 0.2) is 0 Å². The molecular formula is C56H40N2. The molecule has 0 aliphatic rings. The largest absolute Gasteiger partial charge is 0.309 e. The fraction of sp³-hybridized carbons (Fsp3) is 0.0357. The van der Waals surface area contributed by atoms with Crippen LogP contribution in [0.3, 0.4) is 0 Å². The van der Waals surface area contributed by atoms with Crippen molar-refractivity contribution in [2.45, 2.75) is 13.8 Å². The van der Waals surface area contributed by atoms with Crippen molar-refractivity contribution in [3.63, 3.8) is 0 Å². The van der Waals surface area contributed by atoms with E-state index in [2.05, 4.69) is 230 Å². The molecule has 0 fully saturated rings. The Hall–Kier alpha value is -7.60. The van der Waals surface area contributed by atoms with E-state index in [1.807, 2.05) is 0 Å². The lowest BCUT2D eigenvalue weighted by atomic mass is 9.95. The Labute approximate surface area is 338 Å². The smallest absolute Gasteiger partial charge is 0.0547 e. The van der Waals surface area contributed by atoms with Gasteiger partial charge in [-0.05, 0) is 118 Å². The molecule has 0 N–H and O–H groups in total. The Morgan fingerprint density at radius 3 is 1.53 bits per heavy atom. The molecule has 2 heteroatoms. The number of hydrogen-bond acceptors (Lipinski definition) is 0. The number of fused-ring (bicyclic) bond motifs is 11. The van der Waals surface area contributed by atoms with E-state index in [9.17, 15) is 0 Å². The van der Waals surface area contributed by atoms with Gasteiger partial charge in [-0.1, -0.05) is 140 Å². The molecule has 0 radical (unpaired) electrons. The van der Waals surface area contributed by atoms with Crippen molar-refractivity contribution in [1.29, 1.82) is 0 Å². The maximum atomic E-state index is 4.00. The first-order valence-electron chi connectivity index (χ1n) is 19.8. The highest BCUT2D eigenvalue weighted by Crippen LogP contribution is 2.42. The van der Waals surface area contributed by atoms with Gasteiger partial charge in [-0.25, -0.2) is 0 Å². The molecule has 11 aromatic rings. The van der Waals surface area contributed by atoms with Crippen molar-refractivity contribution in [3.8, 4) is 35.3 Å². The Bertz CT molecular complexity index is 3470. The number of aromatic nitrogens is 2. The predicted octanol–water partition coefficient (Wildman–Crippen LogP) is 15.2. The van der Waals surface area contributed by atoms with Gasteiger partial charge in [0.2, 0.25) is 0 Å². The zero-order valence-electron chi connectivity index (χ0n) is 32.5. The fourth-order valence-corrected chi connectivity index (χ4v) is 9.22. The topological polar surface area (TPSA) is 9.86 Å². The number of rotatable bonds is 5. The lowest BCUT2D eigenvalue weighted by Crippen LogP contribution is -1.95. The second-order valence-electron chi connectivity index (χ2n) is 14.8. The Balaban J connectivity index is 0.00000201. The van der Waals surface area contributed by atoms with Gasteiger partial charge in [0, 0.05) is 32.6 Å². The molecule has 0 atom stereocenters. The molecule has 2 aromatic heterocycles. The second-order valence-corrected chi connectivity index (χ2v) is 14.8. The van der Waals surface area contributed by atoms with Gasteiger partial charge < -0.3 is 9.13 Å². The van der Waals surface area contributed by atoms with E-state index in [4.69, 9.17) is 0 Å². The molecule has 11 rings (SSSR count). The molecule has 0 saturated carbocycles. The summed E-state index contributed by atoms with van der Waals surface area (Å²) < 4.78 is 4.88. The number of benzene rings is 9. The van der Waals surface area contributed by atoms with Crippen molar-refractivity contribution >= 4 is 81.5 Å². The Morgan fingerprint density at radius 2 is 0.931 bits per heavy atom. The third kappa shape index (κ3) is 5.36. The number of allylic oxidation sites excluding steroid dienone is 4. The molecule has 0 bridgehead atoms. The molecule has 9 aromatic carbocycles. The molecule has 0 saturated heterocycles. The zero-order chi connectivity index (χ0) is 39.3. The van der Waals surface area contributed by atoms with Crippen LogP contribution in [0.5, 0.6) is 0 Å². The SMILES string of the molecule is C#C.C/C=C\C(=C/C)c1ccc(-n2c3ccccc3c3c4cc(-c5ccc6ccc7c(c6c5)c5ccccc5n7-c5cccc6ccccc56)ccc4ccc32)cc1. The molecule has 0 aliphatic heterocycles. The van der Waals surface area contributed by atoms with Crippen molar-refractivity contribution in [3.05, 3.63) is 200 Å². The lowest BCUT2D eigenvalue weighted by molar-refractivity contribution is 1.18. The molecule has 0 spiro atoms. The highest BCUT2D eigenvalue weighted by molar-refractivity contribution is 6.24. The monoisotopic (exact) mass is 740 g/mol. The van der Waals surface area contributed by atoms with E-state index in [1.54, 1.807) is 0 Å². The Morgan fingerprint density at radius 1 is 0.431 bits per heavy atom. The summed E-state index contributed by atoms with van der Waals surface area (Å²) >= 11 is 0. The van der Waals surface area contributed by atoms with Crippen LogP contribution >= 0.6 is 0 Å². The summed E-state index contributed by atoms with van der Waals surface area (Å²) in [6, 6.07) is 65.1. The number of para-hydroxylation sites is 2. The van der Waals surface area contributed by atoms with Crippen molar-refractivity contribution in [2.75, 3.05) is 0 Å². The maximum Gasteiger partial charge on any atom is 0.0547 e. The summed E-state index contributed by atoms with van der Waals surface area (Å²) in [5, 5.41) is 12.6. The fourth-order valence-electron chi connectivity index (χ4n) is 9.22. The third-order valence-corrected chi connectivity index (χ3v) is 11.8. The number of terminal acetylenes is 1. The summed E-state index contributed by atoms with van der Waals surface area (Å²) in [5.74, 6) is 0. The van der Waals surface area contributed by atoms with Gasteiger partial charge in [-0.2, -0.15) is 0 Å². The van der Waals surface area contributed by atoms with Crippen LogP contribution in [0.4, 0.5) is 0 Å². The minimum absolute atomic E-state index is 1.16. The first-order chi connectivity index (χ1) is 28.7. The quantitative estimate of drug-likeness (QED) is 0.123. The summed E-state index contributed by atoms with van der Waals surface area (Å²) in [5.41, 5.74) is 12.1. The molecule has 2 nitrogen and oxygen atoms in total. The van der Waals surface area contributed by atoms with Crippen LogP contribution in [0.1, 0.15) is 19.4 Å². The minimum Gasteiger partial charge on any atom is -0.309 e. The molecule has 0 aliphatic carbocycles. The van der Waals surface area contributed by atoms with Crippen molar-refractivity contribution in [2.24, 2.45) is 0 Å². The van der Waals surface area contributed by atoms with Crippen LogP contribution in [0.15, 0.2) is 194 Å². The summed E-state index contributed by atoms with van der Waals surface area (Å²) in [6.07, 6.45) is 14.4. The van der Waals surface area contributed by atoms with E-state index in [-0.39, 0.29) is 0 Å². The number of hydrogen-bond donors (Lipinski definition) is 0. The van der Waals surface area contributed by atoms with Gasteiger partial charge >= 0.3 is 0 Å². The molecule has 274 valence electrons. The molecule has 0 amide bonds. The van der Waals surface area contributed by atoms with Crippen LogP contribution < -0.4 is 0 Å². The first-order valence-corrected chi connectivity index (χ1v) is 19.8. The van der Waals surface area contributed by atoms with Crippen LogP contribution in [0.2, 0.25) is 0 Å². The summed E-state index contributed by atoms with van der Waals surface area (Å²) in [4.78, 5) is 0. The van der Waals surface area contributed by atoms with E-state index in [0.29, 0.717) is 0 Å². The normalized spacial score (nSPS) is 12.1.